The average molecular weight is 299 g/mol. The van der Waals surface area contributed by atoms with E-state index >= 15 is 0 Å². The van der Waals surface area contributed by atoms with Crippen molar-refractivity contribution in [3.63, 3.8) is 0 Å². The van der Waals surface area contributed by atoms with Gasteiger partial charge in [0.05, 0.1) is 0 Å². The molecule has 1 unspecified atom stereocenters. The second-order valence-corrected chi connectivity index (χ2v) is 6.27. The molecule has 1 aliphatic rings. The summed E-state index contributed by atoms with van der Waals surface area (Å²) in [5.41, 5.74) is 3.42. The molecule has 0 radical (unpaired) electrons. The van der Waals surface area contributed by atoms with E-state index in [4.69, 9.17) is 17.4 Å². The summed E-state index contributed by atoms with van der Waals surface area (Å²) < 4.78 is 13.8. The molecule has 0 aromatic heterocycles. The van der Waals surface area contributed by atoms with E-state index in [1.54, 1.807) is 12.1 Å². The predicted molar refractivity (Wildman–Crippen MR) is 82.0 cm³/mol. The molecule has 20 heavy (non-hydrogen) atoms. The Bertz CT molecular complexity index is 397. The van der Waals surface area contributed by atoms with Gasteiger partial charge in [-0.3, -0.25) is 11.3 Å². The maximum atomic E-state index is 13.8. The lowest BCUT2D eigenvalue weighted by atomic mass is 9.90. The van der Waals surface area contributed by atoms with E-state index in [1.807, 2.05) is 0 Å². The molecule has 0 amide bonds. The van der Waals surface area contributed by atoms with Gasteiger partial charge in [-0.2, -0.15) is 0 Å². The van der Waals surface area contributed by atoms with Gasteiger partial charge in [0.15, 0.2) is 0 Å². The van der Waals surface area contributed by atoms with E-state index < -0.39 is 0 Å². The summed E-state index contributed by atoms with van der Waals surface area (Å²) in [6, 6.07) is 4.92. The van der Waals surface area contributed by atoms with Crippen molar-refractivity contribution in [2.75, 3.05) is 0 Å². The highest BCUT2D eigenvalue weighted by Crippen LogP contribution is 2.28. The van der Waals surface area contributed by atoms with Crippen LogP contribution in [-0.2, 0) is 6.42 Å². The summed E-state index contributed by atoms with van der Waals surface area (Å²) in [6.07, 6.45) is 9.39. The van der Waals surface area contributed by atoms with Crippen LogP contribution in [0, 0.1) is 11.7 Å². The Hall–Kier alpha value is -0.640. The van der Waals surface area contributed by atoms with E-state index in [0.29, 0.717) is 22.9 Å². The number of benzene rings is 1. The van der Waals surface area contributed by atoms with Crippen molar-refractivity contribution < 1.29 is 4.39 Å². The Morgan fingerprint density at radius 2 is 1.95 bits per heavy atom. The summed E-state index contributed by atoms with van der Waals surface area (Å²) in [5.74, 6) is 6.12. The number of hydrogen-bond donors (Lipinski definition) is 2. The summed E-state index contributed by atoms with van der Waals surface area (Å²) in [7, 11) is 0. The summed E-state index contributed by atoms with van der Waals surface area (Å²) in [5, 5.41) is 0.492. The fourth-order valence-corrected chi connectivity index (χ4v) is 3.43. The van der Waals surface area contributed by atoms with Gasteiger partial charge in [-0.05, 0) is 30.9 Å². The first-order valence-electron chi connectivity index (χ1n) is 7.59. The summed E-state index contributed by atoms with van der Waals surface area (Å²) >= 11 is 6.09. The molecule has 4 heteroatoms. The molecule has 2 rings (SSSR count). The van der Waals surface area contributed by atoms with Crippen molar-refractivity contribution in [2.24, 2.45) is 11.8 Å². The van der Waals surface area contributed by atoms with Crippen LogP contribution < -0.4 is 11.3 Å². The van der Waals surface area contributed by atoms with E-state index in [2.05, 4.69) is 5.43 Å². The van der Waals surface area contributed by atoms with E-state index in [9.17, 15) is 4.39 Å². The van der Waals surface area contributed by atoms with Gasteiger partial charge in [0.2, 0.25) is 0 Å². The Labute approximate surface area is 125 Å². The maximum Gasteiger partial charge on any atom is 0.127 e. The largest absolute Gasteiger partial charge is 0.271 e. The molecule has 3 N–H and O–H groups in total. The molecule has 1 saturated carbocycles. The van der Waals surface area contributed by atoms with Crippen LogP contribution in [0.15, 0.2) is 18.2 Å². The lowest BCUT2D eigenvalue weighted by molar-refractivity contribution is 0.350. The molecular formula is C16H24ClFN2. The van der Waals surface area contributed by atoms with Crippen molar-refractivity contribution in [2.45, 2.75) is 57.4 Å². The van der Waals surface area contributed by atoms with Crippen molar-refractivity contribution in [1.29, 1.82) is 0 Å². The topological polar surface area (TPSA) is 38.0 Å². The molecule has 0 bridgehead atoms. The van der Waals surface area contributed by atoms with Gasteiger partial charge in [0.1, 0.15) is 5.82 Å². The van der Waals surface area contributed by atoms with Gasteiger partial charge in [0, 0.05) is 16.6 Å². The highest BCUT2D eigenvalue weighted by Gasteiger charge is 2.19. The number of hydrogen-bond acceptors (Lipinski definition) is 2. The minimum absolute atomic E-state index is 0.0903. The first-order valence-corrected chi connectivity index (χ1v) is 7.97. The number of rotatable bonds is 5. The standard InChI is InChI=1S/C16H24ClFN2/c17-15-8-5-9-16(18)14(15)11-13(20-19)10-12-6-3-1-2-4-7-12/h5,8-9,12-13,20H,1-4,6-7,10-11,19H2. The SMILES string of the molecule is NNC(Cc1c(F)cccc1Cl)CC1CCCCCC1. The van der Waals surface area contributed by atoms with E-state index in [-0.39, 0.29) is 11.9 Å². The summed E-state index contributed by atoms with van der Waals surface area (Å²) in [6.45, 7) is 0. The molecule has 1 atom stereocenters. The zero-order valence-electron chi connectivity index (χ0n) is 11.9. The van der Waals surface area contributed by atoms with Crippen molar-refractivity contribution in [3.8, 4) is 0 Å². The van der Waals surface area contributed by atoms with Gasteiger partial charge < -0.3 is 0 Å². The van der Waals surface area contributed by atoms with Crippen LogP contribution in [0.5, 0.6) is 0 Å². The van der Waals surface area contributed by atoms with Crippen LogP contribution in [0.4, 0.5) is 4.39 Å². The van der Waals surface area contributed by atoms with Gasteiger partial charge >= 0.3 is 0 Å². The number of nitrogens with one attached hydrogen (secondary N) is 1. The third-order valence-corrected chi connectivity index (χ3v) is 4.69. The number of nitrogens with two attached hydrogens (primary N) is 1. The zero-order valence-corrected chi connectivity index (χ0v) is 12.6. The third kappa shape index (κ3) is 4.44. The van der Waals surface area contributed by atoms with Crippen LogP contribution in [0.3, 0.4) is 0 Å². The minimum atomic E-state index is -0.237. The number of halogens is 2. The predicted octanol–water partition coefficient (Wildman–Crippen LogP) is 4.21. The molecule has 2 nitrogen and oxygen atoms in total. The van der Waals surface area contributed by atoms with Crippen LogP contribution >= 0.6 is 11.6 Å². The lowest BCUT2D eigenvalue weighted by Gasteiger charge is -2.22. The summed E-state index contributed by atoms with van der Waals surface area (Å²) in [4.78, 5) is 0. The number of hydrazine groups is 1. The Morgan fingerprint density at radius 3 is 2.55 bits per heavy atom. The third-order valence-electron chi connectivity index (χ3n) is 4.34. The van der Waals surface area contributed by atoms with Crippen LogP contribution in [-0.4, -0.2) is 6.04 Å². The molecular weight excluding hydrogens is 275 g/mol. The smallest absolute Gasteiger partial charge is 0.127 e. The second kappa shape index (κ2) is 7.96. The van der Waals surface area contributed by atoms with Gasteiger partial charge in [-0.15, -0.1) is 0 Å². The van der Waals surface area contributed by atoms with Crippen LogP contribution in [0.25, 0.3) is 0 Å². The molecule has 0 heterocycles. The van der Waals surface area contributed by atoms with Gasteiger partial charge in [0.25, 0.3) is 0 Å². The van der Waals surface area contributed by atoms with Crippen molar-refractivity contribution in [1.82, 2.24) is 5.43 Å². The lowest BCUT2D eigenvalue weighted by Crippen LogP contribution is -2.38. The monoisotopic (exact) mass is 298 g/mol. The zero-order chi connectivity index (χ0) is 14.4. The van der Waals surface area contributed by atoms with Crippen LogP contribution in [0.2, 0.25) is 5.02 Å². The maximum absolute atomic E-state index is 13.8. The fourth-order valence-electron chi connectivity index (χ4n) is 3.19. The molecule has 1 fully saturated rings. The average Bonchev–Trinajstić information content (AvgIpc) is 2.70. The van der Waals surface area contributed by atoms with Gasteiger partial charge in [-0.1, -0.05) is 56.2 Å². The molecule has 112 valence electrons. The molecule has 1 aromatic carbocycles. The Balaban J connectivity index is 1.97. The molecule has 0 spiro atoms. The quantitative estimate of drug-likeness (QED) is 0.485. The first-order chi connectivity index (χ1) is 9.70. The molecule has 1 aromatic rings. The normalized spacial score (nSPS) is 18.8. The van der Waals surface area contributed by atoms with Crippen LogP contribution in [0.1, 0.15) is 50.5 Å². The first kappa shape index (κ1) is 15.7. The molecule has 0 saturated heterocycles. The van der Waals surface area contributed by atoms with Crippen molar-refractivity contribution >= 4 is 11.6 Å². The molecule has 1 aliphatic carbocycles. The minimum Gasteiger partial charge on any atom is -0.271 e. The highest BCUT2D eigenvalue weighted by atomic mass is 35.5. The van der Waals surface area contributed by atoms with Crippen molar-refractivity contribution in [3.05, 3.63) is 34.6 Å². The molecule has 0 aliphatic heterocycles. The Kier molecular flexibility index (Phi) is 6.27. The fraction of sp³-hybridized carbons (Fsp3) is 0.625. The second-order valence-electron chi connectivity index (χ2n) is 5.86. The highest BCUT2D eigenvalue weighted by molar-refractivity contribution is 6.31. The van der Waals surface area contributed by atoms with E-state index in [0.717, 1.165) is 6.42 Å². The Morgan fingerprint density at radius 1 is 1.25 bits per heavy atom. The van der Waals surface area contributed by atoms with E-state index in [1.165, 1.54) is 44.6 Å². The van der Waals surface area contributed by atoms with Gasteiger partial charge in [-0.25, -0.2) is 4.39 Å².